The monoisotopic (exact) mass is 488 g/mol. The smallest absolute Gasteiger partial charge is 0.255 e. The third-order valence-corrected chi connectivity index (χ3v) is 5.16. The second-order valence-corrected chi connectivity index (χ2v) is 8.08. The van der Waals surface area contributed by atoms with Crippen LogP contribution in [0.1, 0.15) is 29.1 Å². The molecule has 4 aromatic rings. The molecular formula is C25H30Cl2N4O2. The average Bonchev–Trinajstić information content (AvgIpc) is 3.19. The summed E-state index contributed by atoms with van der Waals surface area (Å²) in [6, 6.07) is 18.5. The van der Waals surface area contributed by atoms with E-state index in [9.17, 15) is 4.79 Å². The number of hydrogen-bond donors (Lipinski definition) is 2. The van der Waals surface area contributed by atoms with Crippen LogP contribution < -0.4 is 10.9 Å². The molecule has 0 aliphatic rings. The Kier molecular flexibility index (Phi) is 9.97. The van der Waals surface area contributed by atoms with Crippen LogP contribution in [-0.2, 0) is 19.4 Å². The predicted molar refractivity (Wildman–Crippen MR) is 139 cm³/mol. The van der Waals surface area contributed by atoms with Gasteiger partial charge < -0.3 is 14.6 Å². The van der Waals surface area contributed by atoms with Crippen LogP contribution in [0, 0.1) is 0 Å². The normalized spacial score (nSPS) is 10.6. The van der Waals surface area contributed by atoms with E-state index in [1.165, 1.54) is 10.8 Å². The van der Waals surface area contributed by atoms with E-state index in [-0.39, 0.29) is 30.4 Å². The highest BCUT2D eigenvalue weighted by Gasteiger charge is 2.06. The summed E-state index contributed by atoms with van der Waals surface area (Å²) in [4.78, 5) is 21.8. The first kappa shape index (κ1) is 26.5. The molecule has 2 aromatic carbocycles. The highest BCUT2D eigenvalue weighted by atomic mass is 35.5. The molecule has 0 atom stereocenters. The zero-order chi connectivity index (χ0) is 21.6. The number of anilines is 1. The van der Waals surface area contributed by atoms with E-state index in [1.807, 2.05) is 38.4 Å². The van der Waals surface area contributed by atoms with Gasteiger partial charge in [-0.25, -0.2) is 4.98 Å². The molecule has 0 radical (unpaired) electrons. The number of hydrogen-bond acceptors (Lipinski definition) is 5. The van der Waals surface area contributed by atoms with Crippen molar-refractivity contribution in [3.05, 3.63) is 93.8 Å². The van der Waals surface area contributed by atoms with Crippen molar-refractivity contribution in [3.8, 4) is 0 Å². The molecule has 4 rings (SSSR count). The molecule has 0 spiro atoms. The van der Waals surface area contributed by atoms with Gasteiger partial charge >= 0.3 is 0 Å². The van der Waals surface area contributed by atoms with Crippen molar-refractivity contribution in [1.29, 1.82) is 0 Å². The lowest BCUT2D eigenvalue weighted by Crippen LogP contribution is -2.17. The zero-order valence-electron chi connectivity index (χ0n) is 18.8. The lowest BCUT2D eigenvalue weighted by Gasteiger charge is -2.07. The Morgan fingerprint density at radius 2 is 1.76 bits per heavy atom. The van der Waals surface area contributed by atoms with Crippen molar-refractivity contribution < 1.29 is 4.42 Å². The van der Waals surface area contributed by atoms with E-state index in [0.717, 1.165) is 36.5 Å². The Morgan fingerprint density at radius 1 is 1.00 bits per heavy atom. The van der Waals surface area contributed by atoms with Crippen LogP contribution in [-0.4, -0.2) is 35.5 Å². The Morgan fingerprint density at radius 3 is 2.52 bits per heavy atom. The second kappa shape index (κ2) is 12.4. The first-order chi connectivity index (χ1) is 15.1. The van der Waals surface area contributed by atoms with E-state index in [2.05, 4.69) is 50.5 Å². The maximum absolute atomic E-state index is 12.5. The molecule has 0 unspecified atom stereocenters. The van der Waals surface area contributed by atoms with Gasteiger partial charge in [0.2, 0.25) is 5.95 Å². The van der Waals surface area contributed by atoms with Gasteiger partial charge in [-0.2, -0.15) is 0 Å². The minimum atomic E-state index is -0.106. The standard InChI is InChI=1S/C25H28N4O2.2ClH/c1-29(2)17-23-12-11-22(31-23)8-5-13-26-25-27-16-21(24(30)28-25)15-18-9-10-19-6-3-4-7-20(19)14-18;;/h3-4,6-7,9-12,14,16H,5,8,13,15,17H2,1-2H3,(H2,26,27,28,30);2*1H. The van der Waals surface area contributed by atoms with Crippen molar-refractivity contribution in [2.75, 3.05) is 26.0 Å². The quantitative estimate of drug-likeness (QED) is 0.322. The van der Waals surface area contributed by atoms with Crippen molar-refractivity contribution in [2.24, 2.45) is 0 Å². The Hall–Kier alpha value is -2.80. The van der Waals surface area contributed by atoms with Crippen LogP contribution in [0.15, 0.2) is 70.0 Å². The van der Waals surface area contributed by atoms with Gasteiger partial charge in [-0.3, -0.25) is 9.78 Å². The van der Waals surface area contributed by atoms with Crippen LogP contribution in [0.5, 0.6) is 0 Å². The summed E-state index contributed by atoms with van der Waals surface area (Å²) in [6.07, 6.45) is 3.94. The second-order valence-electron chi connectivity index (χ2n) is 8.08. The minimum absolute atomic E-state index is 0. The number of halogens is 2. The van der Waals surface area contributed by atoms with E-state index in [1.54, 1.807) is 6.20 Å². The van der Waals surface area contributed by atoms with Gasteiger partial charge in [0.1, 0.15) is 11.5 Å². The number of nitrogens with zero attached hydrogens (tertiary/aromatic N) is 2. The third-order valence-electron chi connectivity index (χ3n) is 5.16. The first-order valence-electron chi connectivity index (χ1n) is 10.6. The van der Waals surface area contributed by atoms with Gasteiger partial charge in [0, 0.05) is 31.1 Å². The Balaban J connectivity index is 0.00000193. The molecule has 0 aliphatic carbocycles. The van der Waals surface area contributed by atoms with Crippen LogP contribution in [0.4, 0.5) is 5.95 Å². The lowest BCUT2D eigenvalue weighted by atomic mass is 10.0. The van der Waals surface area contributed by atoms with Gasteiger partial charge in [-0.1, -0.05) is 42.5 Å². The highest BCUT2D eigenvalue weighted by molar-refractivity contribution is 5.85. The van der Waals surface area contributed by atoms with Crippen LogP contribution in [0.2, 0.25) is 0 Å². The molecule has 33 heavy (non-hydrogen) atoms. The van der Waals surface area contributed by atoms with Crippen LogP contribution in [0.3, 0.4) is 0 Å². The molecule has 0 bridgehead atoms. The predicted octanol–water partition coefficient (Wildman–Crippen LogP) is 5.06. The molecule has 2 N–H and O–H groups in total. The van der Waals surface area contributed by atoms with E-state index < -0.39 is 0 Å². The molecule has 2 heterocycles. The number of rotatable bonds is 9. The van der Waals surface area contributed by atoms with Crippen molar-refractivity contribution in [1.82, 2.24) is 14.9 Å². The number of aryl methyl sites for hydroxylation is 1. The minimum Gasteiger partial charge on any atom is -0.465 e. The summed E-state index contributed by atoms with van der Waals surface area (Å²) in [5.74, 6) is 2.45. The highest BCUT2D eigenvalue weighted by Crippen LogP contribution is 2.17. The van der Waals surface area contributed by atoms with Crippen molar-refractivity contribution >= 4 is 41.5 Å². The van der Waals surface area contributed by atoms with Crippen LogP contribution in [0.25, 0.3) is 10.8 Å². The summed E-state index contributed by atoms with van der Waals surface area (Å²) in [6.45, 7) is 1.51. The largest absolute Gasteiger partial charge is 0.465 e. The molecule has 0 saturated carbocycles. The summed E-state index contributed by atoms with van der Waals surface area (Å²) >= 11 is 0. The third kappa shape index (κ3) is 7.35. The number of nitrogens with one attached hydrogen (secondary N) is 2. The average molecular weight is 489 g/mol. The zero-order valence-corrected chi connectivity index (χ0v) is 20.5. The number of benzene rings is 2. The van der Waals surface area contributed by atoms with E-state index >= 15 is 0 Å². The summed E-state index contributed by atoms with van der Waals surface area (Å²) in [5.41, 5.74) is 1.65. The van der Waals surface area contributed by atoms with E-state index in [0.29, 0.717) is 24.5 Å². The number of H-pyrrole nitrogens is 1. The maximum Gasteiger partial charge on any atom is 0.255 e. The Labute approximate surface area is 206 Å². The lowest BCUT2D eigenvalue weighted by molar-refractivity contribution is 0.341. The van der Waals surface area contributed by atoms with Crippen molar-refractivity contribution in [2.45, 2.75) is 25.8 Å². The summed E-state index contributed by atoms with van der Waals surface area (Å²) < 4.78 is 5.82. The first-order valence-corrected chi connectivity index (χ1v) is 10.6. The molecule has 0 saturated heterocycles. The van der Waals surface area contributed by atoms with Crippen LogP contribution >= 0.6 is 24.8 Å². The fraction of sp³-hybridized carbons (Fsp3) is 0.280. The number of furan rings is 1. The molecule has 2 aromatic heterocycles. The summed E-state index contributed by atoms with van der Waals surface area (Å²) in [5, 5.41) is 5.56. The molecule has 8 heteroatoms. The van der Waals surface area contributed by atoms with Gasteiger partial charge in [0.15, 0.2) is 0 Å². The number of fused-ring (bicyclic) bond motifs is 1. The van der Waals surface area contributed by atoms with Crippen molar-refractivity contribution in [3.63, 3.8) is 0 Å². The molecule has 0 amide bonds. The van der Waals surface area contributed by atoms with E-state index in [4.69, 9.17) is 4.42 Å². The molecule has 0 fully saturated rings. The number of aromatic amines is 1. The van der Waals surface area contributed by atoms with Gasteiger partial charge in [-0.15, -0.1) is 24.8 Å². The topological polar surface area (TPSA) is 74.2 Å². The SMILES string of the molecule is CN(C)Cc1ccc(CCCNc2ncc(Cc3ccc4ccccc4c3)c(=O)[nH]2)o1.Cl.Cl. The fourth-order valence-corrected chi connectivity index (χ4v) is 3.63. The van der Waals surface area contributed by atoms with Gasteiger partial charge in [0.05, 0.1) is 6.54 Å². The van der Waals surface area contributed by atoms with Gasteiger partial charge in [-0.05, 0) is 49.0 Å². The molecule has 0 aliphatic heterocycles. The fourth-order valence-electron chi connectivity index (χ4n) is 3.63. The Bertz CT molecular complexity index is 1220. The molecule has 6 nitrogen and oxygen atoms in total. The van der Waals surface area contributed by atoms with Gasteiger partial charge in [0.25, 0.3) is 5.56 Å². The molecule has 176 valence electrons. The maximum atomic E-state index is 12.5. The number of aromatic nitrogens is 2. The molecular weight excluding hydrogens is 459 g/mol. The summed E-state index contributed by atoms with van der Waals surface area (Å²) in [7, 11) is 4.04.